The van der Waals surface area contributed by atoms with Crippen molar-refractivity contribution < 1.29 is 18.3 Å². The first-order valence-electron chi connectivity index (χ1n) is 6.38. The van der Waals surface area contributed by atoms with E-state index < -0.39 is 22.9 Å². The van der Waals surface area contributed by atoms with E-state index in [1.165, 1.54) is 13.8 Å². The van der Waals surface area contributed by atoms with Crippen LogP contribution in [0.15, 0.2) is 23.0 Å². The maximum absolute atomic E-state index is 14.2. The molecule has 0 aliphatic heterocycles. The van der Waals surface area contributed by atoms with Gasteiger partial charge in [-0.2, -0.15) is 8.78 Å². The van der Waals surface area contributed by atoms with Crippen LogP contribution in [0.25, 0.3) is 10.1 Å². The molecule has 1 heterocycles. The Hall–Kier alpha value is -1.82. The van der Waals surface area contributed by atoms with Crippen molar-refractivity contribution in [1.29, 1.82) is 0 Å². The highest BCUT2D eigenvalue weighted by Crippen LogP contribution is 2.33. The Bertz CT molecular complexity index is 765. The lowest BCUT2D eigenvalue weighted by atomic mass is 10.1. The summed E-state index contributed by atoms with van der Waals surface area (Å²) >= 11 is 1.07. The summed E-state index contributed by atoms with van der Waals surface area (Å²) in [5.41, 5.74) is -0.812. The zero-order chi connectivity index (χ0) is 15.8. The summed E-state index contributed by atoms with van der Waals surface area (Å²) in [6.45, 7) is 4.45. The summed E-state index contributed by atoms with van der Waals surface area (Å²) in [6, 6.07) is 5.08. The van der Waals surface area contributed by atoms with Gasteiger partial charge in [-0.25, -0.2) is 4.79 Å². The van der Waals surface area contributed by atoms with Gasteiger partial charge < -0.3 is 4.74 Å². The van der Waals surface area contributed by atoms with E-state index in [9.17, 15) is 18.4 Å². The Labute approximate surface area is 124 Å². The molecule has 2 aromatic rings. The number of alkyl halides is 2. The fourth-order valence-corrected chi connectivity index (χ4v) is 3.16. The van der Waals surface area contributed by atoms with Crippen molar-refractivity contribution in [2.24, 2.45) is 0 Å². The third-order valence-electron chi connectivity index (χ3n) is 3.07. The van der Waals surface area contributed by atoms with E-state index in [2.05, 4.69) is 4.74 Å². The first-order chi connectivity index (χ1) is 9.78. The van der Waals surface area contributed by atoms with Gasteiger partial charge in [0.1, 0.15) is 0 Å². The van der Waals surface area contributed by atoms with Crippen molar-refractivity contribution in [3.05, 3.63) is 44.4 Å². The topological polar surface area (TPSA) is 43.4 Å². The zero-order valence-corrected chi connectivity index (χ0v) is 12.6. The third kappa shape index (κ3) is 2.68. The summed E-state index contributed by atoms with van der Waals surface area (Å²) in [7, 11) is 0. The van der Waals surface area contributed by atoms with Crippen LogP contribution >= 0.6 is 11.3 Å². The number of hydrogen-bond acceptors (Lipinski definition) is 4. The Morgan fingerprint density at radius 2 is 2.00 bits per heavy atom. The van der Waals surface area contributed by atoms with Crippen molar-refractivity contribution in [1.82, 2.24) is 0 Å². The Balaban J connectivity index is 2.75. The summed E-state index contributed by atoms with van der Waals surface area (Å²) in [4.78, 5) is 24.0. The monoisotopic (exact) mass is 312 g/mol. The molecule has 21 heavy (non-hydrogen) atoms. The molecule has 112 valence electrons. The predicted octanol–water partition coefficient (Wildman–Crippen LogP) is 3.53. The lowest BCUT2D eigenvalue weighted by molar-refractivity contribution is -0.173. The minimum absolute atomic E-state index is 0.120. The number of aryl methyl sites for hydroxylation is 2. The predicted molar refractivity (Wildman–Crippen MR) is 78.1 cm³/mol. The van der Waals surface area contributed by atoms with Gasteiger partial charge in [0, 0.05) is 15.0 Å². The fraction of sp³-hybridized carbons (Fsp3) is 0.333. The average Bonchev–Trinajstić information content (AvgIpc) is 2.40. The minimum atomic E-state index is -3.94. The number of carbonyl (C=O) groups excluding carboxylic acids is 1. The maximum atomic E-state index is 14.2. The highest BCUT2D eigenvalue weighted by atomic mass is 32.1. The normalized spacial score (nSPS) is 11.7. The standard InChI is InChI=1S/C15H14F2O3S/c1-4-20-14(19)15(16,17)12-9(3)21-11-6-5-8(2)7-10(11)13(12)18/h5-7H,4H2,1-3H3. The van der Waals surface area contributed by atoms with Crippen LogP contribution in [0, 0.1) is 13.8 Å². The minimum Gasteiger partial charge on any atom is -0.461 e. The summed E-state index contributed by atoms with van der Waals surface area (Å²) in [6.07, 6.45) is 0. The Kier molecular flexibility index (Phi) is 4.09. The van der Waals surface area contributed by atoms with E-state index in [1.54, 1.807) is 25.1 Å². The number of carbonyl (C=O) groups is 1. The van der Waals surface area contributed by atoms with Crippen molar-refractivity contribution in [2.75, 3.05) is 6.61 Å². The van der Waals surface area contributed by atoms with Gasteiger partial charge in [-0.1, -0.05) is 11.6 Å². The Morgan fingerprint density at radius 3 is 2.62 bits per heavy atom. The largest absolute Gasteiger partial charge is 0.461 e. The molecule has 0 bridgehead atoms. The first-order valence-corrected chi connectivity index (χ1v) is 7.20. The van der Waals surface area contributed by atoms with E-state index in [-0.39, 0.29) is 16.9 Å². The summed E-state index contributed by atoms with van der Waals surface area (Å²) < 4.78 is 33.4. The zero-order valence-electron chi connectivity index (χ0n) is 11.8. The number of hydrogen-bond donors (Lipinski definition) is 0. The van der Waals surface area contributed by atoms with Gasteiger partial charge in [0.15, 0.2) is 5.43 Å². The van der Waals surface area contributed by atoms with Crippen LogP contribution < -0.4 is 5.43 Å². The molecule has 2 rings (SSSR count). The summed E-state index contributed by atoms with van der Waals surface area (Å²) in [5, 5.41) is 0.199. The molecule has 0 unspecified atom stereocenters. The van der Waals surface area contributed by atoms with Crippen molar-refractivity contribution in [3.8, 4) is 0 Å². The van der Waals surface area contributed by atoms with Crippen molar-refractivity contribution in [3.63, 3.8) is 0 Å². The van der Waals surface area contributed by atoms with Crippen LogP contribution in [-0.2, 0) is 15.5 Å². The van der Waals surface area contributed by atoms with Gasteiger partial charge in [-0.3, -0.25) is 4.79 Å². The van der Waals surface area contributed by atoms with Gasteiger partial charge in [0.2, 0.25) is 0 Å². The lowest BCUT2D eigenvalue weighted by Crippen LogP contribution is -2.34. The number of benzene rings is 1. The average molecular weight is 312 g/mol. The van der Waals surface area contributed by atoms with Gasteiger partial charge in [0.25, 0.3) is 0 Å². The van der Waals surface area contributed by atoms with Crippen LogP contribution in [-0.4, -0.2) is 12.6 Å². The van der Waals surface area contributed by atoms with Gasteiger partial charge >= 0.3 is 11.9 Å². The number of fused-ring (bicyclic) bond motifs is 1. The van der Waals surface area contributed by atoms with Crippen molar-refractivity contribution in [2.45, 2.75) is 26.7 Å². The summed E-state index contributed by atoms with van der Waals surface area (Å²) in [5.74, 6) is -5.63. The second-order valence-electron chi connectivity index (χ2n) is 4.66. The number of esters is 1. The second-order valence-corrected chi connectivity index (χ2v) is 5.91. The number of rotatable bonds is 3. The van der Waals surface area contributed by atoms with Crippen LogP contribution in [0.5, 0.6) is 0 Å². The molecule has 0 radical (unpaired) electrons. The molecule has 0 spiro atoms. The molecule has 0 saturated heterocycles. The fourth-order valence-electron chi connectivity index (χ4n) is 2.11. The number of halogens is 2. The van der Waals surface area contributed by atoms with E-state index >= 15 is 0 Å². The van der Waals surface area contributed by atoms with E-state index in [4.69, 9.17) is 0 Å². The molecule has 0 amide bonds. The smallest absolute Gasteiger partial charge is 0.382 e. The molecule has 1 aromatic heterocycles. The lowest BCUT2D eigenvalue weighted by Gasteiger charge is -2.16. The van der Waals surface area contributed by atoms with Crippen LogP contribution in [0.3, 0.4) is 0 Å². The number of ether oxygens (including phenoxy) is 1. The molecule has 0 saturated carbocycles. The van der Waals surface area contributed by atoms with Crippen molar-refractivity contribution >= 4 is 27.4 Å². The van der Waals surface area contributed by atoms with Gasteiger partial charge in [-0.15, -0.1) is 11.3 Å². The molecule has 1 aromatic carbocycles. The van der Waals surface area contributed by atoms with Gasteiger partial charge in [0.05, 0.1) is 12.2 Å². The second kappa shape index (κ2) is 5.52. The highest BCUT2D eigenvalue weighted by Gasteiger charge is 2.46. The Morgan fingerprint density at radius 1 is 1.33 bits per heavy atom. The molecule has 3 nitrogen and oxygen atoms in total. The molecular formula is C15H14F2O3S. The molecular weight excluding hydrogens is 298 g/mol. The van der Waals surface area contributed by atoms with Crippen LogP contribution in [0.1, 0.15) is 22.9 Å². The van der Waals surface area contributed by atoms with E-state index in [0.29, 0.717) is 4.70 Å². The molecule has 0 atom stereocenters. The quantitative estimate of drug-likeness (QED) is 0.814. The van der Waals surface area contributed by atoms with Crippen LogP contribution in [0.4, 0.5) is 8.78 Å². The molecule has 0 aliphatic rings. The van der Waals surface area contributed by atoms with E-state index in [0.717, 1.165) is 16.9 Å². The van der Waals surface area contributed by atoms with Gasteiger partial charge in [-0.05, 0) is 32.9 Å². The van der Waals surface area contributed by atoms with Crippen LogP contribution in [0.2, 0.25) is 0 Å². The van der Waals surface area contributed by atoms with E-state index in [1.807, 2.05) is 0 Å². The molecule has 0 aliphatic carbocycles. The maximum Gasteiger partial charge on any atom is 0.382 e. The molecule has 0 N–H and O–H groups in total. The molecule has 0 fully saturated rings. The SMILES string of the molecule is CCOC(=O)C(F)(F)c1c(C)sc2ccc(C)cc2c1=O. The third-order valence-corrected chi connectivity index (χ3v) is 4.15. The first kappa shape index (κ1) is 15.6. The molecule has 6 heteroatoms. The highest BCUT2D eigenvalue weighted by molar-refractivity contribution is 7.18.